The summed E-state index contributed by atoms with van der Waals surface area (Å²) in [4.78, 5) is 13.4. The quantitative estimate of drug-likeness (QED) is 0.892. The molecule has 3 rings (SSSR count). The molecule has 1 N–H and O–H groups in total. The Kier molecular flexibility index (Phi) is 4.33. The third-order valence-corrected chi connectivity index (χ3v) is 4.66. The van der Waals surface area contributed by atoms with Gasteiger partial charge in [0, 0.05) is 12.5 Å². The van der Waals surface area contributed by atoms with Crippen LogP contribution in [0.2, 0.25) is 0 Å². The lowest BCUT2D eigenvalue weighted by Gasteiger charge is -2.44. The van der Waals surface area contributed by atoms with Crippen LogP contribution in [0.3, 0.4) is 0 Å². The number of aliphatic hydroxyl groups is 1. The number of morpholine rings is 1. The molecule has 1 aliphatic carbocycles. The second-order valence-electron chi connectivity index (χ2n) is 6.68. The van der Waals surface area contributed by atoms with Gasteiger partial charge in [0.05, 0.1) is 13.2 Å². The third kappa shape index (κ3) is 2.69. The Balaban J connectivity index is 1.85. The normalized spacial score (nSPS) is 24.1. The van der Waals surface area contributed by atoms with Crippen molar-refractivity contribution in [2.45, 2.75) is 56.6 Å². The van der Waals surface area contributed by atoms with Crippen LogP contribution >= 0.6 is 0 Å². The lowest BCUT2D eigenvalue weighted by Crippen LogP contribution is -2.62. The number of amides is 1. The summed E-state index contributed by atoms with van der Waals surface area (Å²) in [6.07, 6.45) is 0.310. The molecule has 0 bridgehead atoms. The summed E-state index contributed by atoms with van der Waals surface area (Å²) in [5.41, 5.74) is -2.26. The first-order valence-electron chi connectivity index (χ1n) is 8.08. The van der Waals surface area contributed by atoms with Gasteiger partial charge < -0.3 is 19.2 Å². The van der Waals surface area contributed by atoms with E-state index in [4.69, 9.17) is 9.15 Å². The molecule has 9 heteroatoms. The van der Waals surface area contributed by atoms with Crippen LogP contribution in [0.15, 0.2) is 4.42 Å². The number of hydrogen-bond donors (Lipinski definition) is 1. The number of hydrogen-bond acceptors (Lipinski definition) is 6. The molecule has 0 radical (unpaired) electrons. The van der Waals surface area contributed by atoms with E-state index in [1.807, 2.05) is 13.8 Å². The van der Waals surface area contributed by atoms with E-state index in [0.717, 1.165) is 4.90 Å². The fourth-order valence-electron chi connectivity index (χ4n) is 2.87. The van der Waals surface area contributed by atoms with Gasteiger partial charge in [0.1, 0.15) is 11.6 Å². The van der Waals surface area contributed by atoms with Crippen LogP contribution in [0.4, 0.5) is 8.78 Å². The molecule has 24 heavy (non-hydrogen) atoms. The maximum atomic E-state index is 14.5. The van der Waals surface area contributed by atoms with Crippen LogP contribution < -0.4 is 0 Å². The van der Waals surface area contributed by atoms with Crippen molar-refractivity contribution < 1.29 is 27.8 Å². The molecule has 0 aromatic carbocycles. The molecule has 134 valence electrons. The van der Waals surface area contributed by atoms with Crippen molar-refractivity contribution >= 4 is 5.91 Å². The number of carbonyl (C=O) groups excluding carboxylic acids is 1. The predicted molar refractivity (Wildman–Crippen MR) is 77.4 cm³/mol. The van der Waals surface area contributed by atoms with Gasteiger partial charge in [-0.2, -0.15) is 8.78 Å². The fraction of sp³-hybridized carbons (Fsp3) is 0.800. The van der Waals surface area contributed by atoms with Crippen molar-refractivity contribution in [1.82, 2.24) is 15.1 Å². The zero-order valence-electron chi connectivity index (χ0n) is 13.7. The predicted octanol–water partition coefficient (Wildman–Crippen LogP) is 1.64. The summed E-state index contributed by atoms with van der Waals surface area (Å²) < 4.78 is 39.8. The van der Waals surface area contributed by atoms with Gasteiger partial charge >= 0.3 is 5.92 Å². The zero-order chi connectivity index (χ0) is 17.5. The van der Waals surface area contributed by atoms with E-state index in [0.29, 0.717) is 12.3 Å². The van der Waals surface area contributed by atoms with Crippen LogP contribution in [-0.4, -0.2) is 57.4 Å². The molecule has 1 aromatic rings. The number of aromatic nitrogens is 2. The molecule has 1 atom stereocenters. The van der Waals surface area contributed by atoms with E-state index in [9.17, 15) is 18.7 Å². The number of halogens is 2. The highest BCUT2D eigenvalue weighted by Crippen LogP contribution is 2.46. The number of rotatable bonds is 4. The van der Waals surface area contributed by atoms with E-state index in [-0.39, 0.29) is 44.4 Å². The Morgan fingerprint density at radius 2 is 2.12 bits per heavy atom. The standard InChI is InChI=1S/C15H21F2N3O4/c1-9(2)11-18-19-12(24-11)10-8-23-7-6-20(10)13(21)15(16,17)14(22)4-3-5-14/h9-10,22H,3-8H2,1-2H3/t10-/m0/s1. The van der Waals surface area contributed by atoms with Gasteiger partial charge in [0.25, 0.3) is 5.91 Å². The molecule has 1 saturated carbocycles. The Hall–Kier alpha value is -1.61. The Morgan fingerprint density at radius 3 is 2.67 bits per heavy atom. The lowest BCUT2D eigenvalue weighted by molar-refractivity contribution is -0.228. The number of alkyl halides is 2. The molecule has 0 spiro atoms. The third-order valence-electron chi connectivity index (χ3n) is 4.66. The minimum atomic E-state index is -3.85. The minimum Gasteiger partial charge on any atom is -0.423 e. The van der Waals surface area contributed by atoms with Gasteiger partial charge in [-0.05, 0) is 19.3 Å². The maximum Gasteiger partial charge on any atom is 0.352 e. The Bertz CT molecular complexity index is 616. The number of nitrogens with zero attached hydrogens (tertiary/aromatic N) is 3. The van der Waals surface area contributed by atoms with E-state index >= 15 is 0 Å². The molecule has 2 heterocycles. The van der Waals surface area contributed by atoms with E-state index in [1.165, 1.54) is 0 Å². The molecule has 1 amide bonds. The van der Waals surface area contributed by atoms with Crippen LogP contribution in [0.25, 0.3) is 0 Å². The number of carbonyl (C=O) groups is 1. The van der Waals surface area contributed by atoms with Crippen molar-refractivity contribution in [2.75, 3.05) is 19.8 Å². The monoisotopic (exact) mass is 345 g/mol. The van der Waals surface area contributed by atoms with Gasteiger partial charge in [-0.3, -0.25) is 4.79 Å². The molecule has 7 nitrogen and oxygen atoms in total. The van der Waals surface area contributed by atoms with Gasteiger partial charge in [-0.1, -0.05) is 13.8 Å². The smallest absolute Gasteiger partial charge is 0.352 e. The average molecular weight is 345 g/mol. The SMILES string of the molecule is CC(C)c1nnc([C@@H]2COCCN2C(=O)C(F)(F)C2(O)CCC2)o1. The summed E-state index contributed by atoms with van der Waals surface area (Å²) in [7, 11) is 0. The summed E-state index contributed by atoms with van der Waals surface area (Å²) >= 11 is 0. The molecule has 2 fully saturated rings. The zero-order valence-corrected chi connectivity index (χ0v) is 13.7. The Morgan fingerprint density at radius 1 is 1.42 bits per heavy atom. The molecule has 1 aromatic heterocycles. The second kappa shape index (κ2) is 6.03. The van der Waals surface area contributed by atoms with Crippen molar-refractivity contribution in [2.24, 2.45) is 0 Å². The van der Waals surface area contributed by atoms with Crippen molar-refractivity contribution in [1.29, 1.82) is 0 Å². The molecule has 1 saturated heterocycles. The van der Waals surface area contributed by atoms with Gasteiger partial charge in [-0.15, -0.1) is 10.2 Å². The highest BCUT2D eigenvalue weighted by Gasteiger charge is 2.63. The fourth-order valence-corrected chi connectivity index (χ4v) is 2.87. The van der Waals surface area contributed by atoms with Gasteiger partial charge in [0.2, 0.25) is 11.8 Å². The minimum absolute atomic E-state index is 0.0000227. The largest absolute Gasteiger partial charge is 0.423 e. The van der Waals surface area contributed by atoms with Crippen LogP contribution in [0.1, 0.15) is 56.9 Å². The van der Waals surface area contributed by atoms with Crippen LogP contribution in [-0.2, 0) is 9.53 Å². The van der Waals surface area contributed by atoms with E-state index in [2.05, 4.69) is 10.2 Å². The van der Waals surface area contributed by atoms with Crippen LogP contribution in [0, 0.1) is 0 Å². The van der Waals surface area contributed by atoms with Crippen LogP contribution in [0.5, 0.6) is 0 Å². The summed E-state index contributed by atoms with van der Waals surface area (Å²) in [5.74, 6) is -4.84. The van der Waals surface area contributed by atoms with E-state index < -0.39 is 23.5 Å². The molecule has 1 aliphatic heterocycles. The maximum absolute atomic E-state index is 14.5. The van der Waals surface area contributed by atoms with Gasteiger partial charge in [-0.25, -0.2) is 0 Å². The van der Waals surface area contributed by atoms with Crippen molar-refractivity contribution in [3.05, 3.63) is 11.8 Å². The van der Waals surface area contributed by atoms with Crippen molar-refractivity contribution in [3.63, 3.8) is 0 Å². The molecule has 2 aliphatic rings. The van der Waals surface area contributed by atoms with Crippen molar-refractivity contribution in [3.8, 4) is 0 Å². The summed E-state index contributed by atoms with van der Waals surface area (Å²) in [6, 6.07) is -0.874. The van der Waals surface area contributed by atoms with E-state index in [1.54, 1.807) is 0 Å². The molecule has 0 unspecified atom stereocenters. The first-order valence-corrected chi connectivity index (χ1v) is 8.08. The molecular formula is C15H21F2N3O4. The summed E-state index contributed by atoms with van der Waals surface area (Å²) in [6.45, 7) is 3.84. The number of ether oxygens (including phenoxy) is 1. The highest BCUT2D eigenvalue weighted by atomic mass is 19.3. The summed E-state index contributed by atoms with van der Waals surface area (Å²) in [5, 5.41) is 17.7. The first kappa shape index (κ1) is 17.2. The first-order chi connectivity index (χ1) is 11.3. The lowest BCUT2D eigenvalue weighted by atomic mass is 9.75. The van der Waals surface area contributed by atoms with Gasteiger partial charge in [0.15, 0.2) is 0 Å². The highest BCUT2D eigenvalue weighted by molar-refractivity contribution is 5.85. The Labute approximate surface area is 138 Å². The average Bonchev–Trinajstić information content (AvgIpc) is 3.01. The topological polar surface area (TPSA) is 88.7 Å². The second-order valence-corrected chi connectivity index (χ2v) is 6.68. The molecular weight excluding hydrogens is 324 g/mol.